The van der Waals surface area contributed by atoms with Crippen LogP contribution < -0.4 is 61.0 Å². The van der Waals surface area contributed by atoms with Crippen LogP contribution in [0, 0.1) is 5.92 Å². The number of nitrogens with zero attached hydrogens (tertiary/aromatic N) is 3. The fourth-order valence-corrected chi connectivity index (χ4v) is 7.33. The molecule has 2 aromatic carbocycles. The average molecular weight is 937 g/mol. The number of rotatable bonds is 27. The number of carbonyl (C=O) groups is 7. The molecule has 0 saturated carbocycles. The summed E-state index contributed by atoms with van der Waals surface area (Å²) in [5.41, 5.74) is 34.5. The Hall–Kier alpha value is -7.01. The van der Waals surface area contributed by atoms with Gasteiger partial charge in [-0.3, -0.25) is 43.5 Å². The highest BCUT2D eigenvalue weighted by Gasteiger charge is 2.40. The number of hydrogen-bond acceptors (Lipinski definition) is 12. The average Bonchev–Trinajstić information content (AvgIpc) is 3.78. The Balaban J connectivity index is 1.84. The summed E-state index contributed by atoms with van der Waals surface area (Å²) in [6.45, 7) is 3.24. The molecule has 3 rings (SSSR count). The normalized spacial score (nSPS) is 16.0. The van der Waals surface area contributed by atoms with Crippen molar-refractivity contribution in [1.82, 2.24) is 31.5 Å². The van der Waals surface area contributed by atoms with Crippen molar-refractivity contribution in [2.45, 2.75) is 114 Å². The van der Waals surface area contributed by atoms with Crippen LogP contribution in [0.1, 0.15) is 69.9 Å². The van der Waals surface area contributed by atoms with Crippen molar-refractivity contribution < 1.29 is 43.8 Å². The van der Waals surface area contributed by atoms with E-state index >= 15 is 0 Å². The summed E-state index contributed by atoms with van der Waals surface area (Å²) in [5.74, 6) is -5.54. The van der Waals surface area contributed by atoms with Gasteiger partial charge in [0.15, 0.2) is 11.9 Å². The number of likely N-dealkylation sites (tertiary alicyclic amines) is 1. The standard InChI is InChI=1S/C44H68N14O9/c1-25(2)21-31(36(46)61)54-38(63)30(12-7-19-52-44(49)50)53-41(66)35-13-8-20-58(35)42(67)34(24-59)57-40(65)33(22-26-9-4-3-5-10-26)56-39(64)32(23-27-14-16-28(60)17-15-27)55-37(62)29(45)11-6-18-51-43(47)48/h3-5,9-10,14-17,25,29-35,59-60H,6-8,11-13,18-24,45H2,1-2H3,(H2,46,61)(H,53,66)(H,54,63)(H,55,62)(H,56,64)(H,57,65)(H4,47,48,51)(H4,49,50,52)/t29-,30-,31-,32-,33-,34-,35-/m0/s1. The first-order chi connectivity index (χ1) is 31.8. The molecule has 0 unspecified atom stereocenters. The summed E-state index contributed by atoms with van der Waals surface area (Å²) >= 11 is 0. The topological polar surface area (TPSA) is 404 Å². The van der Waals surface area contributed by atoms with Crippen molar-refractivity contribution in [2.24, 2.45) is 50.3 Å². The predicted octanol–water partition coefficient (Wildman–Crippen LogP) is -3.45. The minimum absolute atomic E-state index is 0.00110. The maximum absolute atomic E-state index is 14.2. The highest BCUT2D eigenvalue weighted by Crippen LogP contribution is 2.20. The number of benzene rings is 2. The van der Waals surface area contributed by atoms with Crippen LogP contribution in [0.2, 0.25) is 0 Å². The molecule has 23 nitrogen and oxygen atoms in total. The third-order valence-corrected chi connectivity index (χ3v) is 10.8. The lowest BCUT2D eigenvalue weighted by molar-refractivity contribution is -0.143. The number of carbonyl (C=O) groups excluding carboxylic acids is 7. The molecule has 0 aromatic heterocycles. The smallest absolute Gasteiger partial charge is 0.248 e. The van der Waals surface area contributed by atoms with Crippen molar-refractivity contribution in [3.05, 3.63) is 65.7 Å². The third kappa shape index (κ3) is 18.8. The zero-order chi connectivity index (χ0) is 49.6. The van der Waals surface area contributed by atoms with E-state index in [1.54, 1.807) is 42.5 Å². The molecule has 23 heteroatoms. The van der Waals surface area contributed by atoms with Gasteiger partial charge in [-0.2, -0.15) is 0 Å². The molecule has 19 N–H and O–H groups in total. The van der Waals surface area contributed by atoms with Crippen LogP contribution in [0.5, 0.6) is 5.75 Å². The van der Waals surface area contributed by atoms with Gasteiger partial charge in [0.05, 0.1) is 12.6 Å². The van der Waals surface area contributed by atoms with E-state index in [0.29, 0.717) is 24.0 Å². The maximum atomic E-state index is 14.2. The Labute approximate surface area is 389 Å². The first-order valence-electron chi connectivity index (χ1n) is 22.2. The first-order valence-corrected chi connectivity index (χ1v) is 22.2. The quantitative estimate of drug-likeness (QED) is 0.0236. The number of nitrogens with two attached hydrogens (primary N) is 6. The highest BCUT2D eigenvalue weighted by atomic mass is 16.3. The number of hydrogen-bond donors (Lipinski definition) is 13. The summed E-state index contributed by atoms with van der Waals surface area (Å²) in [6.07, 6.45) is 1.51. The van der Waals surface area contributed by atoms with Gasteiger partial charge >= 0.3 is 0 Å². The van der Waals surface area contributed by atoms with E-state index in [2.05, 4.69) is 36.6 Å². The number of aliphatic hydroxyl groups is 1. The molecule has 1 fully saturated rings. The van der Waals surface area contributed by atoms with E-state index in [4.69, 9.17) is 34.4 Å². The Bertz CT molecular complexity index is 2030. The molecule has 7 amide bonds. The summed E-state index contributed by atoms with van der Waals surface area (Å²) in [6, 6.07) is 6.03. The zero-order valence-electron chi connectivity index (χ0n) is 38.1. The molecule has 7 atom stereocenters. The van der Waals surface area contributed by atoms with Crippen LogP contribution in [-0.2, 0) is 46.4 Å². The van der Waals surface area contributed by atoms with Gasteiger partial charge in [0, 0.05) is 32.5 Å². The number of primary amides is 1. The molecular formula is C44H68N14O9. The predicted molar refractivity (Wildman–Crippen MR) is 250 cm³/mol. The van der Waals surface area contributed by atoms with Gasteiger partial charge in [-0.05, 0) is 74.1 Å². The maximum Gasteiger partial charge on any atom is 0.248 e. The first kappa shape index (κ1) is 54.3. The molecule has 1 saturated heterocycles. The molecule has 0 spiro atoms. The fraction of sp³-hybridized carbons (Fsp3) is 0.523. The van der Waals surface area contributed by atoms with Crippen molar-refractivity contribution >= 4 is 53.3 Å². The summed E-state index contributed by atoms with van der Waals surface area (Å²) in [7, 11) is 0. The second-order valence-corrected chi connectivity index (χ2v) is 16.8. The fourth-order valence-electron chi connectivity index (χ4n) is 7.33. The van der Waals surface area contributed by atoms with Gasteiger partial charge in [-0.25, -0.2) is 0 Å². The number of phenols is 1. The summed E-state index contributed by atoms with van der Waals surface area (Å²) in [5, 5.41) is 33.6. The number of aliphatic imine (C=N–C) groups is 2. The largest absolute Gasteiger partial charge is 0.508 e. The van der Waals surface area contributed by atoms with Crippen LogP contribution in [-0.4, -0.2) is 137 Å². The molecule has 1 heterocycles. The number of aromatic hydroxyl groups is 1. The highest BCUT2D eigenvalue weighted by molar-refractivity contribution is 5.97. The molecule has 0 radical (unpaired) electrons. The van der Waals surface area contributed by atoms with Crippen LogP contribution in [0.3, 0.4) is 0 Å². The lowest BCUT2D eigenvalue weighted by Gasteiger charge is -2.30. The van der Waals surface area contributed by atoms with Gasteiger partial charge in [0.25, 0.3) is 0 Å². The van der Waals surface area contributed by atoms with E-state index in [0.717, 1.165) is 0 Å². The zero-order valence-corrected chi connectivity index (χ0v) is 38.1. The van der Waals surface area contributed by atoms with E-state index in [1.165, 1.54) is 17.0 Å². The molecule has 368 valence electrons. The molecule has 1 aliphatic rings. The second-order valence-electron chi connectivity index (χ2n) is 16.8. The van der Waals surface area contributed by atoms with E-state index in [1.807, 2.05) is 13.8 Å². The van der Waals surface area contributed by atoms with Crippen LogP contribution in [0.25, 0.3) is 0 Å². The van der Waals surface area contributed by atoms with Crippen LogP contribution in [0.4, 0.5) is 0 Å². The SMILES string of the molecule is CC(C)C[C@H](NC(=O)[C@H](CCCN=C(N)N)NC(=O)[C@@H]1CCCN1C(=O)[C@H](CO)NC(=O)[C@H](Cc1ccccc1)NC(=O)[C@H](Cc1ccc(O)cc1)NC(=O)[C@@H](N)CCCN=C(N)N)C(N)=O. The van der Waals surface area contributed by atoms with Crippen molar-refractivity contribution in [3.8, 4) is 5.75 Å². The number of aliphatic hydroxyl groups excluding tert-OH is 1. The second kappa shape index (κ2) is 27.5. The third-order valence-electron chi connectivity index (χ3n) is 10.8. The molecule has 1 aliphatic heterocycles. The molecular weight excluding hydrogens is 869 g/mol. The van der Waals surface area contributed by atoms with Gasteiger partial charge in [-0.15, -0.1) is 0 Å². The molecule has 67 heavy (non-hydrogen) atoms. The number of nitrogens with one attached hydrogen (secondary N) is 5. The van der Waals surface area contributed by atoms with Crippen molar-refractivity contribution in [3.63, 3.8) is 0 Å². The van der Waals surface area contributed by atoms with E-state index < -0.39 is 90.3 Å². The van der Waals surface area contributed by atoms with Gasteiger partial charge in [0.1, 0.15) is 42.0 Å². The van der Waals surface area contributed by atoms with Crippen LogP contribution in [0.15, 0.2) is 64.6 Å². The summed E-state index contributed by atoms with van der Waals surface area (Å²) < 4.78 is 0. The molecule has 0 bridgehead atoms. The number of phenolic OH excluding ortho intramolecular Hbond substituents is 1. The Morgan fingerprint density at radius 2 is 1.18 bits per heavy atom. The van der Waals surface area contributed by atoms with Gasteiger partial charge < -0.3 is 76.1 Å². The minimum Gasteiger partial charge on any atom is -0.508 e. The molecule has 0 aliphatic carbocycles. The van der Waals surface area contributed by atoms with Gasteiger partial charge in [0.2, 0.25) is 41.4 Å². The van der Waals surface area contributed by atoms with Gasteiger partial charge in [-0.1, -0.05) is 56.3 Å². The van der Waals surface area contributed by atoms with E-state index in [9.17, 15) is 43.8 Å². The minimum atomic E-state index is -1.58. The Morgan fingerprint density at radius 1 is 0.672 bits per heavy atom. The molecule has 2 aromatic rings. The van der Waals surface area contributed by atoms with E-state index in [-0.39, 0.29) is 88.2 Å². The number of guanidine groups is 2. The van der Waals surface area contributed by atoms with Crippen molar-refractivity contribution in [1.29, 1.82) is 0 Å². The lowest BCUT2D eigenvalue weighted by Crippen LogP contribution is -2.60. The van der Waals surface area contributed by atoms with Crippen molar-refractivity contribution in [2.75, 3.05) is 26.2 Å². The Kier molecular flexibility index (Phi) is 22.3. The van der Waals surface area contributed by atoms with Crippen LogP contribution >= 0.6 is 0 Å². The lowest BCUT2D eigenvalue weighted by atomic mass is 10.0. The number of amides is 7. The Morgan fingerprint density at radius 3 is 1.72 bits per heavy atom. The monoisotopic (exact) mass is 937 g/mol. The summed E-state index contributed by atoms with van der Waals surface area (Å²) in [4.78, 5) is 104.